The average Bonchev–Trinajstić information content (AvgIpc) is 3.04. The molecule has 0 aromatic heterocycles. The quantitative estimate of drug-likeness (QED) is 0.216. The molecule has 1 heterocycles. The Morgan fingerprint density at radius 3 is 2.14 bits per heavy atom. The van der Waals surface area contributed by atoms with Crippen LogP contribution in [-0.2, 0) is 33.4 Å². The van der Waals surface area contributed by atoms with Gasteiger partial charge in [0.1, 0.15) is 6.04 Å². The van der Waals surface area contributed by atoms with Crippen LogP contribution in [0.3, 0.4) is 0 Å². The summed E-state index contributed by atoms with van der Waals surface area (Å²) >= 11 is 0.653. The molecule has 12 nitrogen and oxygen atoms in total. The number of nitrogens with one attached hydrogen (secondary N) is 1. The molecule has 2 atom stereocenters. The number of fused-ring (bicyclic) bond motifs is 1. The third-order valence-electron chi connectivity index (χ3n) is 4.88. The number of aliphatic carboxylic acids is 1. The Morgan fingerprint density at radius 2 is 1.61 bits per heavy atom. The van der Waals surface area contributed by atoms with Crippen molar-refractivity contribution in [3.63, 3.8) is 0 Å². The van der Waals surface area contributed by atoms with Gasteiger partial charge in [0.15, 0.2) is 5.12 Å². The van der Waals surface area contributed by atoms with E-state index in [2.05, 4.69) is 5.32 Å². The summed E-state index contributed by atoms with van der Waals surface area (Å²) in [6.07, 6.45) is -1.69. The summed E-state index contributed by atoms with van der Waals surface area (Å²) in [7, 11) is 0. The second-order valence-electron chi connectivity index (χ2n) is 7.75. The predicted molar refractivity (Wildman–Crippen MR) is 125 cm³/mol. The summed E-state index contributed by atoms with van der Waals surface area (Å²) in [6.45, 7) is 2.30. The van der Waals surface area contributed by atoms with E-state index < -0.39 is 53.1 Å². The molecule has 0 fully saturated rings. The number of esters is 2. The number of carbonyl (C=O) groups is 7. The number of carboxylic acids is 1. The first-order valence-corrected chi connectivity index (χ1v) is 12.0. The highest BCUT2D eigenvalue weighted by atomic mass is 32.2. The average molecular weight is 523 g/mol. The smallest absolute Gasteiger partial charge is 0.327 e. The van der Waals surface area contributed by atoms with Gasteiger partial charge in [-0.1, -0.05) is 23.9 Å². The Labute approximate surface area is 210 Å². The van der Waals surface area contributed by atoms with Gasteiger partial charge in [0, 0.05) is 39.0 Å². The minimum Gasteiger partial charge on any atom is -0.480 e. The summed E-state index contributed by atoms with van der Waals surface area (Å²) in [6, 6.07) is 5.17. The monoisotopic (exact) mass is 522 g/mol. The third-order valence-corrected chi connectivity index (χ3v) is 5.91. The van der Waals surface area contributed by atoms with Gasteiger partial charge in [-0.15, -0.1) is 0 Å². The van der Waals surface area contributed by atoms with Crippen molar-refractivity contribution < 1.29 is 48.1 Å². The van der Waals surface area contributed by atoms with E-state index in [1.54, 1.807) is 24.3 Å². The molecule has 1 aliphatic rings. The van der Waals surface area contributed by atoms with Crippen LogP contribution < -0.4 is 5.32 Å². The van der Waals surface area contributed by atoms with Gasteiger partial charge in [-0.25, -0.2) is 4.79 Å². The number of rotatable bonds is 13. The topological polar surface area (TPSA) is 173 Å². The van der Waals surface area contributed by atoms with Crippen molar-refractivity contribution in [1.82, 2.24) is 10.2 Å². The van der Waals surface area contributed by atoms with Crippen LogP contribution in [0, 0.1) is 0 Å². The minimum absolute atomic E-state index is 0.0123. The van der Waals surface area contributed by atoms with Crippen LogP contribution in [-0.4, -0.2) is 75.4 Å². The fourth-order valence-corrected chi connectivity index (χ4v) is 4.09. The van der Waals surface area contributed by atoms with Gasteiger partial charge in [0.05, 0.1) is 17.5 Å². The number of carbonyl (C=O) groups excluding carboxylic acids is 6. The van der Waals surface area contributed by atoms with E-state index in [9.17, 15) is 33.6 Å². The number of benzene rings is 1. The molecule has 0 saturated heterocycles. The number of hydrogen-bond acceptors (Lipinski definition) is 10. The lowest BCUT2D eigenvalue weighted by Gasteiger charge is -2.19. The lowest BCUT2D eigenvalue weighted by molar-refractivity contribution is -0.187. The third kappa shape index (κ3) is 8.48. The summed E-state index contributed by atoms with van der Waals surface area (Å²) < 4.78 is 10.1. The molecule has 0 radical (unpaired) electrons. The first-order chi connectivity index (χ1) is 17.0. The summed E-state index contributed by atoms with van der Waals surface area (Å²) in [4.78, 5) is 83.6. The van der Waals surface area contributed by atoms with E-state index in [1.807, 2.05) is 0 Å². The zero-order valence-electron chi connectivity index (χ0n) is 19.7. The van der Waals surface area contributed by atoms with E-state index in [4.69, 9.17) is 14.6 Å². The molecule has 194 valence electrons. The molecular weight excluding hydrogens is 496 g/mol. The fourth-order valence-electron chi connectivity index (χ4n) is 3.26. The molecule has 1 aromatic carbocycles. The van der Waals surface area contributed by atoms with Gasteiger partial charge >= 0.3 is 17.9 Å². The van der Waals surface area contributed by atoms with Crippen molar-refractivity contribution in [3.8, 4) is 0 Å². The van der Waals surface area contributed by atoms with Crippen LogP contribution in [0.2, 0.25) is 0 Å². The lowest BCUT2D eigenvalue weighted by Crippen LogP contribution is -2.41. The van der Waals surface area contributed by atoms with Crippen molar-refractivity contribution in [2.24, 2.45) is 0 Å². The predicted octanol–water partition coefficient (Wildman–Crippen LogP) is 1.12. The highest BCUT2D eigenvalue weighted by molar-refractivity contribution is 8.13. The van der Waals surface area contributed by atoms with Crippen LogP contribution in [0.4, 0.5) is 0 Å². The molecule has 2 unspecified atom stereocenters. The zero-order valence-corrected chi connectivity index (χ0v) is 20.5. The molecule has 0 bridgehead atoms. The summed E-state index contributed by atoms with van der Waals surface area (Å²) in [5, 5.41) is 10.8. The fraction of sp³-hybridized carbons (Fsp3) is 0.435. The van der Waals surface area contributed by atoms with Gasteiger partial charge in [-0.2, -0.15) is 0 Å². The van der Waals surface area contributed by atoms with Crippen molar-refractivity contribution in [1.29, 1.82) is 0 Å². The Hall–Kier alpha value is -3.74. The molecule has 36 heavy (non-hydrogen) atoms. The van der Waals surface area contributed by atoms with Crippen LogP contribution in [0.15, 0.2) is 24.3 Å². The van der Waals surface area contributed by atoms with Crippen molar-refractivity contribution in [2.75, 3.05) is 12.3 Å². The van der Waals surface area contributed by atoms with Crippen LogP contribution in [0.5, 0.6) is 0 Å². The number of imide groups is 1. The molecule has 3 amide bonds. The second kappa shape index (κ2) is 13.4. The normalized spacial score (nSPS) is 14.0. The molecular formula is C23H26N2O10S. The van der Waals surface area contributed by atoms with Gasteiger partial charge in [-0.3, -0.25) is 33.7 Å². The number of thioether (sulfide) groups is 1. The second-order valence-corrected chi connectivity index (χ2v) is 8.83. The van der Waals surface area contributed by atoms with Crippen molar-refractivity contribution >= 4 is 52.5 Å². The molecule has 2 rings (SSSR count). The summed E-state index contributed by atoms with van der Waals surface area (Å²) in [5.41, 5.74) is 0.611. The van der Waals surface area contributed by atoms with Crippen molar-refractivity contribution in [3.05, 3.63) is 35.4 Å². The Balaban J connectivity index is 1.80. The van der Waals surface area contributed by atoms with E-state index in [0.717, 1.165) is 18.7 Å². The summed E-state index contributed by atoms with van der Waals surface area (Å²) in [5.74, 6) is -4.47. The van der Waals surface area contributed by atoms with E-state index >= 15 is 0 Å². The van der Waals surface area contributed by atoms with Crippen molar-refractivity contribution in [2.45, 2.75) is 51.9 Å². The maximum atomic E-state index is 12.4. The number of nitrogens with zero attached hydrogens (tertiary/aromatic N) is 1. The van der Waals surface area contributed by atoms with Crippen LogP contribution >= 0.6 is 11.8 Å². The first-order valence-electron chi connectivity index (χ1n) is 11.0. The first kappa shape index (κ1) is 28.5. The molecule has 13 heteroatoms. The van der Waals surface area contributed by atoms with Gasteiger partial charge in [-0.05, 0) is 18.6 Å². The van der Waals surface area contributed by atoms with E-state index in [1.165, 1.54) is 0 Å². The number of carboxylic acid groups (broad SMARTS) is 1. The number of hydrogen-bond donors (Lipinski definition) is 2. The van der Waals surface area contributed by atoms with Gasteiger partial charge < -0.3 is 19.9 Å². The molecule has 0 saturated carbocycles. The molecule has 2 N–H and O–H groups in total. The highest BCUT2D eigenvalue weighted by Crippen LogP contribution is 2.23. The molecule has 1 aromatic rings. The minimum atomic E-state index is -1.30. The molecule has 0 aliphatic carbocycles. The largest absolute Gasteiger partial charge is 0.480 e. The Bertz CT molecular complexity index is 1020. The Kier molecular flexibility index (Phi) is 10.6. The van der Waals surface area contributed by atoms with Gasteiger partial charge in [0.2, 0.25) is 12.2 Å². The zero-order chi connectivity index (χ0) is 26.8. The molecule has 0 spiro atoms. The van der Waals surface area contributed by atoms with E-state index in [-0.39, 0.29) is 38.0 Å². The maximum absolute atomic E-state index is 12.4. The highest BCUT2D eigenvalue weighted by Gasteiger charge is 2.34. The SMILES string of the molecule is CC(=O)NC(CSC(=O)CCC(=O)OC(CCCN1C(=O)c2ccccc2C1=O)OC(C)=O)C(=O)O. The maximum Gasteiger partial charge on any atom is 0.327 e. The van der Waals surface area contributed by atoms with Gasteiger partial charge in [0.25, 0.3) is 11.8 Å². The number of amides is 3. The van der Waals surface area contributed by atoms with Crippen LogP contribution in [0.25, 0.3) is 0 Å². The molecule has 1 aliphatic heterocycles. The van der Waals surface area contributed by atoms with Crippen LogP contribution in [0.1, 0.15) is 60.2 Å². The Morgan fingerprint density at radius 1 is 1.00 bits per heavy atom. The van der Waals surface area contributed by atoms with E-state index in [0.29, 0.717) is 22.9 Å². The lowest BCUT2D eigenvalue weighted by atomic mass is 10.1. The number of ether oxygens (including phenoxy) is 2. The standard InChI is InChI=1S/C23H26N2O10S/c1-13(26)24-17(23(32)33)12-36-19(29)10-9-18(28)35-20(34-14(2)27)8-5-11-25-21(30)15-6-3-4-7-16(15)22(25)31/h3-4,6-7,17,20H,5,8-12H2,1-2H3,(H,24,26)(H,32,33).